The molecule has 0 atom stereocenters. The smallest absolute Gasteiger partial charge is 0.407 e. The van der Waals surface area contributed by atoms with Gasteiger partial charge in [0.2, 0.25) is 5.91 Å². The van der Waals surface area contributed by atoms with Crippen LogP contribution in [0.1, 0.15) is 44.1 Å². The Labute approximate surface area is 154 Å². The molecule has 0 unspecified atom stereocenters. The second-order valence-electron chi connectivity index (χ2n) is 7.83. The minimum atomic E-state index is -0.438. The number of benzene rings is 1. The first-order valence-electron chi connectivity index (χ1n) is 9.12. The van der Waals surface area contributed by atoms with Crippen molar-refractivity contribution < 1.29 is 19.1 Å². The van der Waals surface area contributed by atoms with Crippen LogP contribution < -0.4 is 10.1 Å². The number of carbonyl (C=O) groups excluding carboxylic acids is 2. The summed E-state index contributed by atoms with van der Waals surface area (Å²) in [5.74, 6) is 1.53. The van der Waals surface area contributed by atoms with Gasteiger partial charge in [-0.2, -0.15) is 0 Å². The summed E-state index contributed by atoms with van der Waals surface area (Å²) < 4.78 is 9.94. The predicted molar refractivity (Wildman–Crippen MR) is 98.2 cm³/mol. The maximum Gasteiger partial charge on any atom is 0.407 e. The zero-order valence-electron chi connectivity index (χ0n) is 16.0. The quantitative estimate of drug-likeness (QED) is 0.877. The Kier molecular flexibility index (Phi) is 5.12. The molecule has 6 nitrogen and oxygen atoms in total. The summed E-state index contributed by atoms with van der Waals surface area (Å²) in [4.78, 5) is 26.0. The van der Waals surface area contributed by atoms with E-state index in [9.17, 15) is 9.59 Å². The number of nitrogens with one attached hydrogen (secondary N) is 1. The fourth-order valence-electron chi connectivity index (χ4n) is 4.14. The molecule has 3 rings (SSSR count). The van der Waals surface area contributed by atoms with Crippen molar-refractivity contribution in [2.24, 2.45) is 5.92 Å². The van der Waals surface area contributed by atoms with E-state index in [0.29, 0.717) is 24.8 Å². The number of hydrogen-bond acceptors (Lipinski definition) is 4. The van der Waals surface area contributed by atoms with Crippen LogP contribution >= 0.6 is 0 Å². The first kappa shape index (κ1) is 18.5. The Balaban J connectivity index is 1.48. The highest BCUT2D eigenvalue weighted by molar-refractivity contribution is 5.81. The number of carbonyl (C=O) groups is 2. The van der Waals surface area contributed by atoms with Gasteiger partial charge in [-0.25, -0.2) is 4.79 Å². The molecule has 2 fully saturated rings. The second kappa shape index (κ2) is 7.17. The molecule has 0 aromatic heterocycles. The van der Waals surface area contributed by atoms with Gasteiger partial charge in [-0.3, -0.25) is 4.79 Å². The Morgan fingerprint density at radius 3 is 2.54 bits per heavy atom. The summed E-state index contributed by atoms with van der Waals surface area (Å²) >= 11 is 0. The number of alkyl carbamates (subject to hydrolysis) is 1. The molecule has 1 aromatic carbocycles. The summed E-state index contributed by atoms with van der Waals surface area (Å²) in [5.41, 5.74) is 0.941. The van der Waals surface area contributed by atoms with Crippen LogP contribution in [-0.2, 0) is 9.53 Å². The summed E-state index contributed by atoms with van der Waals surface area (Å²) in [5, 5.41) is 2.82. The first-order valence-corrected chi connectivity index (χ1v) is 9.12. The van der Waals surface area contributed by atoms with Crippen molar-refractivity contribution in [3.63, 3.8) is 0 Å². The monoisotopic (exact) mass is 360 g/mol. The molecule has 0 heterocycles. The predicted octanol–water partition coefficient (Wildman–Crippen LogP) is 2.92. The van der Waals surface area contributed by atoms with E-state index in [1.165, 1.54) is 12.7 Å². The van der Waals surface area contributed by atoms with Crippen LogP contribution in [0.25, 0.3) is 0 Å². The van der Waals surface area contributed by atoms with E-state index in [-0.39, 0.29) is 17.4 Å². The van der Waals surface area contributed by atoms with E-state index in [1.54, 1.807) is 7.11 Å². The Morgan fingerprint density at radius 2 is 1.92 bits per heavy atom. The Hall–Kier alpha value is -2.24. The molecule has 0 saturated heterocycles. The fourth-order valence-corrected chi connectivity index (χ4v) is 4.14. The summed E-state index contributed by atoms with van der Waals surface area (Å²) in [7, 11) is 4.93. The molecule has 0 radical (unpaired) electrons. The topological polar surface area (TPSA) is 67.9 Å². The summed E-state index contributed by atoms with van der Waals surface area (Å²) in [6.45, 7) is 1.95. The van der Waals surface area contributed by atoms with E-state index in [0.717, 1.165) is 18.6 Å². The number of nitrogens with zero attached hydrogens (tertiary/aromatic N) is 1. The summed E-state index contributed by atoms with van der Waals surface area (Å²) in [6.07, 6.45) is 2.86. The minimum Gasteiger partial charge on any atom is -0.497 e. The normalized spacial score (nSPS) is 29.8. The lowest BCUT2D eigenvalue weighted by Gasteiger charge is -2.48. The molecular weight excluding hydrogens is 332 g/mol. The lowest BCUT2D eigenvalue weighted by molar-refractivity contribution is -0.143. The van der Waals surface area contributed by atoms with Crippen molar-refractivity contribution in [1.82, 2.24) is 10.2 Å². The van der Waals surface area contributed by atoms with Crippen molar-refractivity contribution in [3.8, 4) is 5.75 Å². The maximum atomic E-state index is 12.7. The van der Waals surface area contributed by atoms with Gasteiger partial charge in [0.25, 0.3) is 0 Å². The van der Waals surface area contributed by atoms with Crippen LogP contribution in [0, 0.1) is 5.92 Å². The van der Waals surface area contributed by atoms with Gasteiger partial charge < -0.3 is 19.7 Å². The molecule has 26 heavy (non-hydrogen) atoms. The third-order valence-electron chi connectivity index (χ3n) is 5.91. The van der Waals surface area contributed by atoms with Gasteiger partial charge in [0.15, 0.2) is 0 Å². The van der Waals surface area contributed by atoms with Gasteiger partial charge in [0.1, 0.15) is 5.75 Å². The minimum absolute atomic E-state index is 0.0157. The number of amides is 2. The van der Waals surface area contributed by atoms with Gasteiger partial charge in [0, 0.05) is 24.5 Å². The van der Waals surface area contributed by atoms with Crippen molar-refractivity contribution in [2.45, 2.75) is 50.1 Å². The zero-order chi connectivity index (χ0) is 18.9. The molecule has 2 aliphatic carbocycles. The summed E-state index contributed by atoms with van der Waals surface area (Å²) in [6, 6.07) is 8.46. The van der Waals surface area contributed by atoms with Gasteiger partial charge in [0.05, 0.1) is 14.2 Å². The van der Waals surface area contributed by atoms with Crippen molar-refractivity contribution in [2.75, 3.05) is 21.3 Å². The SMILES string of the molecule is COC(=O)N[C@]1(C)C[C@H](C(=O)N(C)[C@H]2C[C@@H](c3cccc(OC)c3)C2)C1. The van der Waals surface area contributed by atoms with Crippen molar-refractivity contribution >= 4 is 12.0 Å². The van der Waals surface area contributed by atoms with E-state index < -0.39 is 6.09 Å². The zero-order valence-corrected chi connectivity index (χ0v) is 16.0. The molecular formula is C20H28N2O4. The van der Waals surface area contributed by atoms with Gasteiger partial charge in [-0.15, -0.1) is 0 Å². The molecule has 2 amide bonds. The molecule has 1 aromatic rings. The van der Waals surface area contributed by atoms with E-state index >= 15 is 0 Å². The van der Waals surface area contributed by atoms with Crippen LogP contribution in [0.4, 0.5) is 4.79 Å². The van der Waals surface area contributed by atoms with Crippen molar-refractivity contribution in [3.05, 3.63) is 29.8 Å². The lowest BCUT2D eigenvalue weighted by atomic mass is 9.68. The molecule has 0 spiro atoms. The van der Waals surface area contributed by atoms with Crippen LogP contribution in [0.15, 0.2) is 24.3 Å². The fraction of sp³-hybridized carbons (Fsp3) is 0.600. The van der Waals surface area contributed by atoms with Gasteiger partial charge in [-0.05, 0) is 56.2 Å². The molecule has 142 valence electrons. The Morgan fingerprint density at radius 1 is 1.23 bits per heavy atom. The van der Waals surface area contributed by atoms with Crippen LogP contribution in [-0.4, -0.2) is 49.7 Å². The third-order valence-corrected chi connectivity index (χ3v) is 5.91. The second-order valence-corrected chi connectivity index (χ2v) is 7.83. The van der Waals surface area contributed by atoms with Gasteiger partial charge in [-0.1, -0.05) is 12.1 Å². The first-order chi connectivity index (χ1) is 12.3. The molecule has 0 aliphatic heterocycles. The third kappa shape index (κ3) is 3.64. The lowest BCUT2D eigenvalue weighted by Crippen LogP contribution is -2.59. The standard InChI is InChI=1S/C20H28N2O4/c1-20(21-19(24)26-4)11-15(12-20)18(23)22(2)16-8-14(9-16)13-6-5-7-17(10-13)25-3/h5-7,10,14-16H,8-9,11-12H2,1-4H3,(H,21,24)/t14-,15-,16+,20+. The van der Waals surface area contributed by atoms with Crippen LogP contribution in [0.5, 0.6) is 5.75 Å². The van der Waals surface area contributed by atoms with E-state index in [1.807, 2.05) is 31.0 Å². The number of methoxy groups -OCH3 is 2. The van der Waals surface area contributed by atoms with E-state index in [4.69, 9.17) is 4.74 Å². The highest BCUT2D eigenvalue weighted by Gasteiger charge is 2.47. The van der Waals surface area contributed by atoms with Crippen LogP contribution in [0.2, 0.25) is 0 Å². The molecule has 1 N–H and O–H groups in total. The molecule has 2 saturated carbocycles. The Bertz CT molecular complexity index is 678. The molecule has 6 heteroatoms. The molecule has 0 bridgehead atoms. The van der Waals surface area contributed by atoms with Crippen LogP contribution in [0.3, 0.4) is 0 Å². The van der Waals surface area contributed by atoms with Gasteiger partial charge >= 0.3 is 6.09 Å². The largest absolute Gasteiger partial charge is 0.497 e. The van der Waals surface area contributed by atoms with E-state index in [2.05, 4.69) is 22.2 Å². The number of hydrogen-bond donors (Lipinski definition) is 1. The highest BCUT2D eigenvalue weighted by atomic mass is 16.5. The maximum absolute atomic E-state index is 12.7. The number of ether oxygens (including phenoxy) is 2. The van der Waals surface area contributed by atoms with Crippen molar-refractivity contribution in [1.29, 1.82) is 0 Å². The molecule has 2 aliphatic rings. The average Bonchev–Trinajstić information content (AvgIpc) is 2.57. The number of rotatable bonds is 5. The average molecular weight is 360 g/mol. The highest BCUT2D eigenvalue weighted by Crippen LogP contribution is 2.43.